The number of carbonyl (C=O) groups excluding carboxylic acids is 1. The molecule has 2 aromatic rings. The second-order valence-electron chi connectivity index (χ2n) is 4.74. The third-order valence-electron chi connectivity index (χ3n) is 3.02. The summed E-state index contributed by atoms with van der Waals surface area (Å²) >= 11 is 1.45. The van der Waals surface area contributed by atoms with Gasteiger partial charge in [-0.25, -0.2) is 0 Å². The minimum Gasteiger partial charge on any atom is -0.494 e. The van der Waals surface area contributed by atoms with E-state index in [1.54, 1.807) is 0 Å². The Bertz CT molecular complexity index is 629. The molecule has 0 spiro atoms. The number of nitrogen functional groups attached to an aromatic ring is 1. The highest BCUT2D eigenvalue weighted by molar-refractivity contribution is 8.00. The van der Waals surface area contributed by atoms with E-state index in [2.05, 4.69) is 5.32 Å². The molecule has 116 valence electrons. The number of nitrogens with one attached hydrogen (secondary N) is 1. The molecule has 0 aromatic heterocycles. The number of amides is 1. The summed E-state index contributed by atoms with van der Waals surface area (Å²) in [6.45, 7) is 4.42. The fourth-order valence-electron chi connectivity index (χ4n) is 1.88. The van der Waals surface area contributed by atoms with Crippen molar-refractivity contribution in [3.63, 3.8) is 0 Å². The van der Waals surface area contributed by atoms with Crippen LogP contribution in [0.2, 0.25) is 0 Å². The van der Waals surface area contributed by atoms with E-state index in [9.17, 15) is 4.79 Å². The van der Waals surface area contributed by atoms with Crippen LogP contribution in [0.4, 0.5) is 11.4 Å². The lowest BCUT2D eigenvalue weighted by molar-refractivity contribution is -0.115. The Labute approximate surface area is 135 Å². The van der Waals surface area contributed by atoms with Crippen molar-refractivity contribution >= 4 is 29.0 Å². The van der Waals surface area contributed by atoms with Crippen molar-refractivity contribution in [2.24, 2.45) is 0 Å². The number of ether oxygens (including phenoxy) is 1. The standard InChI is InChI=1S/C17H20N2O2S/c1-3-21-14-10-8-13(9-11-14)19-17(20)12(2)22-16-7-5-4-6-15(16)18/h4-12H,3,18H2,1-2H3,(H,19,20). The summed E-state index contributed by atoms with van der Waals surface area (Å²) < 4.78 is 5.37. The number of carbonyl (C=O) groups is 1. The molecule has 22 heavy (non-hydrogen) atoms. The van der Waals surface area contributed by atoms with Gasteiger partial charge in [0.25, 0.3) is 0 Å². The van der Waals surface area contributed by atoms with Gasteiger partial charge in [-0.2, -0.15) is 0 Å². The molecule has 2 rings (SSSR count). The first-order valence-electron chi connectivity index (χ1n) is 7.15. The lowest BCUT2D eigenvalue weighted by atomic mass is 10.3. The molecular weight excluding hydrogens is 296 g/mol. The smallest absolute Gasteiger partial charge is 0.237 e. The minimum atomic E-state index is -0.240. The summed E-state index contributed by atoms with van der Waals surface area (Å²) in [5, 5.41) is 2.66. The predicted octanol–water partition coefficient (Wildman–Crippen LogP) is 3.79. The topological polar surface area (TPSA) is 64.3 Å². The van der Waals surface area contributed by atoms with Crippen molar-refractivity contribution in [3.05, 3.63) is 48.5 Å². The van der Waals surface area contributed by atoms with Crippen molar-refractivity contribution in [2.45, 2.75) is 24.0 Å². The van der Waals surface area contributed by atoms with Crippen molar-refractivity contribution in [1.29, 1.82) is 0 Å². The maximum Gasteiger partial charge on any atom is 0.237 e. The zero-order valence-corrected chi connectivity index (χ0v) is 13.5. The first kappa shape index (κ1) is 16.2. The molecule has 1 atom stereocenters. The van der Waals surface area contributed by atoms with Gasteiger partial charge in [-0.05, 0) is 50.2 Å². The second-order valence-corrected chi connectivity index (χ2v) is 6.13. The van der Waals surface area contributed by atoms with Gasteiger partial charge in [-0.1, -0.05) is 12.1 Å². The number of anilines is 2. The number of nitrogens with two attached hydrogens (primary N) is 1. The fourth-order valence-corrected chi connectivity index (χ4v) is 2.79. The van der Waals surface area contributed by atoms with Crippen LogP contribution in [0.15, 0.2) is 53.4 Å². The molecule has 0 bridgehead atoms. The Morgan fingerprint density at radius 3 is 2.55 bits per heavy atom. The van der Waals surface area contributed by atoms with Crippen LogP contribution < -0.4 is 15.8 Å². The van der Waals surface area contributed by atoms with Crippen molar-refractivity contribution in [2.75, 3.05) is 17.7 Å². The highest BCUT2D eigenvalue weighted by atomic mass is 32.2. The molecule has 0 heterocycles. The molecule has 1 amide bonds. The molecule has 3 N–H and O–H groups in total. The van der Waals surface area contributed by atoms with E-state index in [-0.39, 0.29) is 11.2 Å². The highest BCUT2D eigenvalue weighted by Crippen LogP contribution is 2.29. The Hall–Kier alpha value is -2.14. The van der Waals surface area contributed by atoms with E-state index >= 15 is 0 Å². The summed E-state index contributed by atoms with van der Waals surface area (Å²) in [6, 6.07) is 14.9. The number of hydrogen-bond acceptors (Lipinski definition) is 4. The Kier molecular flexibility index (Phi) is 5.72. The summed E-state index contributed by atoms with van der Waals surface area (Å²) in [5.41, 5.74) is 7.34. The van der Waals surface area contributed by atoms with E-state index in [1.807, 2.05) is 62.4 Å². The van der Waals surface area contributed by atoms with Gasteiger partial charge in [0, 0.05) is 16.3 Å². The first-order valence-corrected chi connectivity index (χ1v) is 8.03. The number of hydrogen-bond donors (Lipinski definition) is 2. The van der Waals surface area contributed by atoms with Crippen LogP contribution in [0.3, 0.4) is 0 Å². The van der Waals surface area contributed by atoms with E-state index in [0.29, 0.717) is 12.3 Å². The van der Waals surface area contributed by atoms with Crippen molar-refractivity contribution in [3.8, 4) is 5.75 Å². The van der Waals surface area contributed by atoms with Gasteiger partial charge in [0.15, 0.2) is 0 Å². The summed E-state index contributed by atoms with van der Waals surface area (Å²) in [5.74, 6) is 0.734. The largest absolute Gasteiger partial charge is 0.494 e. The van der Waals surface area contributed by atoms with Crippen LogP contribution >= 0.6 is 11.8 Å². The van der Waals surface area contributed by atoms with Crippen molar-refractivity contribution in [1.82, 2.24) is 0 Å². The maximum absolute atomic E-state index is 12.2. The van der Waals surface area contributed by atoms with Gasteiger partial charge in [-0.3, -0.25) is 4.79 Å². The Balaban J connectivity index is 1.95. The van der Waals surface area contributed by atoms with E-state index < -0.39 is 0 Å². The van der Waals surface area contributed by atoms with E-state index in [1.165, 1.54) is 11.8 Å². The normalized spacial score (nSPS) is 11.7. The van der Waals surface area contributed by atoms with Gasteiger partial charge in [-0.15, -0.1) is 11.8 Å². The van der Waals surface area contributed by atoms with Gasteiger partial charge >= 0.3 is 0 Å². The Morgan fingerprint density at radius 1 is 1.23 bits per heavy atom. The van der Waals surface area contributed by atoms with Crippen LogP contribution in [-0.2, 0) is 4.79 Å². The molecule has 0 aliphatic carbocycles. The molecule has 0 radical (unpaired) electrons. The van der Waals surface area contributed by atoms with Crippen LogP contribution in [0.5, 0.6) is 5.75 Å². The molecule has 0 saturated heterocycles. The Morgan fingerprint density at radius 2 is 1.91 bits per heavy atom. The van der Waals surface area contributed by atoms with Gasteiger partial charge in [0.2, 0.25) is 5.91 Å². The van der Waals surface area contributed by atoms with Crippen molar-refractivity contribution < 1.29 is 9.53 Å². The SMILES string of the molecule is CCOc1ccc(NC(=O)C(C)Sc2ccccc2N)cc1. The monoisotopic (exact) mass is 316 g/mol. The molecule has 5 heteroatoms. The molecule has 0 fully saturated rings. The molecule has 0 aliphatic heterocycles. The van der Waals surface area contributed by atoms with Gasteiger partial charge in [0.05, 0.1) is 11.9 Å². The lowest BCUT2D eigenvalue weighted by Gasteiger charge is -2.13. The second kappa shape index (κ2) is 7.75. The van der Waals surface area contributed by atoms with Gasteiger partial charge in [0.1, 0.15) is 5.75 Å². The summed E-state index contributed by atoms with van der Waals surface area (Å²) in [7, 11) is 0. The quantitative estimate of drug-likeness (QED) is 0.629. The maximum atomic E-state index is 12.2. The third kappa shape index (κ3) is 4.43. The van der Waals surface area contributed by atoms with E-state index in [0.717, 1.165) is 16.3 Å². The van der Waals surface area contributed by atoms with Crippen LogP contribution in [0.1, 0.15) is 13.8 Å². The molecule has 0 aliphatic rings. The highest BCUT2D eigenvalue weighted by Gasteiger charge is 2.15. The average molecular weight is 316 g/mol. The summed E-state index contributed by atoms with van der Waals surface area (Å²) in [4.78, 5) is 13.1. The fraction of sp³-hybridized carbons (Fsp3) is 0.235. The lowest BCUT2D eigenvalue weighted by Crippen LogP contribution is -2.22. The number of thioether (sulfide) groups is 1. The molecule has 1 unspecified atom stereocenters. The number of rotatable bonds is 6. The summed E-state index contributed by atoms with van der Waals surface area (Å²) in [6.07, 6.45) is 0. The zero-order chi connectivity index (χ0) is 15.9. The number of para-hydroxylation sites is 1. The van der Waals surface area contributed by atoms with Crippen LogP contribution in [0.25, 0.3) is 0 Å². The van der Waals surface area contributed by atoms with Crippen LogP contribution in [-0.4, -0.2) is 17.8 Å². The molecule has 4 nitrogen and oxygen atoms in total. The molecule has 2 aromatic carbocycles. The molecule has 0 saturated carbocycles. The zero-order valence-electron chi connectivity index (χ0n) is 12.7. The minimum absolute atomic E-state index is 0.0580. The number of benzene rings is 2. The third-order valence-corrected chi connectivity index (χ3v) is 4.22. The molecular formula is C17H20N2O2S. The van der Waals surface area contributed by atoms with Gasteiger partial charge < -0.3 is 15.8 Å². The predicted molar refractivity (Wildman–Crippen MR) is 92.4 cm³/mol. The van der Waals surface area contributed by atoms with E-state index in [4.69, 9.17) is 10.5 Å². The average Bonchev–Trinajstić information content (AvgIpc) is 2.51. The first-order chi connectivity index (χ1) is 10.6. The van der Waals surface area contributed by atoms with Crippen LogP contribution in [0, 0.1) is 0 Å².